The summed E-state index contributed by atoms with van der Waals surface area (Å²) in [4.78, 5) is 40.5. The fraction of sp³-hybridized carbons (Fsp3) is 0.100. The maximum Gasteiger partial charge on any atom is 0.258 e. The van der Waals surface area contributed by atoms with E-state index >= 15 is 0 Å². The summed E-state index contributed by atoms with van der Waals surface area (Å²) >= 11 is 2.12. The standard InChI is InChI=1S/C20H16IN3O5/c21-12-2-3-13-14(8-12)15(20(29)24-19(13)28)10-22-9-11-1-4-16(17(26)7-11)23-18(27)5-6-25/h1-4,6-8,10,26H,5,9H2,(H,23,27)(H2,24,28,29). The van der Waals surface area contributed by atoms with E-state index in [-0.39, 0.29) is 35.8 Å². The largest absolute Gasteiger partial charge is 0.506 e. The summed E-state index contributed by atoms with van der Waals surface area (Å²) in [6, 6.07) is 9.90. The molecule has 0 aliphatic heterocycles. The maximum atomic E-state index is 12.0. The number of hydrogen-bond acceptors (Lipinski definition) is 6. The van der Waals surface area contributed by atoms with E-state index in [1.54, 1.807) is 24.3 Å². The van der Waals surface area contributed by atoms with Crippen molar-refractivity contribution in [2.75, 3.05) is 5.32 Å². The third kappa shape index (κ3) is 4.80. The Bertz CT molecular complexity index is 1190. The van der Waals surface area contributed by atoms with E-state index in [0.29, 0.717) is 28.2 Å². The van der Waals surface area contributed by atoms with Crippen LogP contribution in [0.15, 0.2) is 46.2 Å². The van der Waals surface area contributed by atoms with Crippen LogP contribution in [0.2, 0.25) is 0 Å². The monoisotopic (exact) mass is 505 g/mol. The molecular formula is C20H16IN3O5. The molecule has 1 aromatic heterocycles. The Hall–Kier alpha value is -3.21. The molecule has 3 aromatic rings. The molecule has 9 heteroatoms. The van der Waals surface area contributed by atoms with Crippen molar-refractivity contribution < 1.29 is 19.8 Å². The fourth-order valence-electron chi connectivity index (χ4n) is 2.74. The number of carbonyl (C=O) groups excluding carboxylic acids is 2. The molecule has 0 saturated heterocycles. The minimum absolute atomic E-state index is 0.149. The van der Waals surface area contributed by atoms with Gasteiger partial charge in [0.15, 0.2) is 0 Å². The zero-order chi connectivity index (χ0) is 21.0. The molecule has 1 heterocycles. The number of nitrogens with one attached hydrogen (secondary N) is 2. The summed E-state index contributed by atoms with van der Waals surface area (Å²) < 4.78 is 0.909. The number of phenols is 1. The third-order valence-corrected chi connectivity index (χ3v) is 4.77. The first kappa shape index (κ1) is 20.5. The van der Waals surface area contributed by atoms with Gasteiger partial charge < -0.3 is 20.3 Å². The summed E-state index contributed by atoms with van der Waals surface area (Å²) in [7, 11) is 0. The van der Waals surface area contributed by atoms with Crippen LogP contribution in [0.3, 0.4) is 0 Å². The van der Waals surface area contributed by atoms with Crippen LogP contribution in [0, 0.1) is 3.57 Å². The molecule has 29 heavy (non-hydrogen) atoms. The quantitative estimate of drug-likeness (QED) is 0.135. The number of aromatic hydroxyl groups is 2. The molecule has 0 fully saturated rings. The highest BCUT2D eigenvalue weighted by Crippen LogP contribution is 2.25. The molecule has 148 valence electrons. The van der Waals surface area contributed by atoms with Gasteiger partial charge in [0.2, 0.25) is 11.8 Å². The Balaban J connectivity index is 1.82. The SMILES string of the molecule is O=CCC(=O)Nc1ccc(CN=Cc2c(O)[nH]c(=O)c3ccc(I)cc23)cc1O. The van der Waals surface area contributed by atoms with Crippen LogP contribution in [0.25, 0.3) is 10.8 Å². The number of hydrogen-bond donors (Lipinski definition) is 4. The van der Waals surface area contributed by atoms with Gasteiger partial charge in [-0.25, -0.2) is 0 Å². The normalized spacial score (nSPS) is 11.1. The summed E-state index contributed by atoms with van der Waals surface area (Å²) in [5.74, 6) is -0.940. The van der Waals surface area contributed by atoms with Gasteiger partial charge in [0.25, 0.3) is 5.56 Å². The lowest BCUT2D eigenvalue weighted by Crippen LogP contribution is -2.11. The van der Waals surface area contributed by atoms with Crippen LogP contribution < -0.4 is 10.9 Å². The molecule has 0 radical (unpaired) electrons. The molecule has 0 atom stereocenters. The molecule has 0 spiro atoms. The molecule has 8 nitrogen and oxygen atoms in total. The summed E-state index contributed by atoms with van der Waals surface area (Å²) in [6.07, 6.45) is 1.65. The molecule has 2 aromatic carbocycles. The number of carbonyl (C=O) groups is 2. The van der Waals surface area contributed by atoms with E-state index in [1.807, 2.05) is 0 Å². The smallest absolute Gasteiger partial charge is 0.258 e. The van der Waals surface area contributed by atoms with Crippen LogP contribution in [0.4, 0.5) is 5.69 Å². The Kier molecular flexibility index (Phi) is 6.27. The average Bonchev–Trinajstić information content (AvgIpc) is 2.66. The molecule has 0 aliphatic carbocycles. The molecule has 0 unspecified atom stereocenters. The van der Waals surface area contributed by atoms with Crippen molar-refractivity contribution in [3.63, 3.8) is 0 Å². The number of halogens is 1. The van der Waals surface area contributed by atoms with Crippen LogP contribution in [-0.4, -0.2) is 33.6 Å². The Labute approximate surface area is 178 Å². The number of amides is 1. The number of aldehydes is 1. The van der Waals surface area contributed by atoms with Gasteiger partial charge in [0, 0.05) is 20.6 Å². The number of rotatable bonds is 6. The van der Waals surface area contributed by atoms with Crippen molar-refractivity contribution in [1.82, 2.24) is 4.98 Å². The number of benzene rings is 2. The number of aliphatic imine (C=N–C) groups is 1. The second kappa shape index (κ2) is 8.86. The second-order valence-corrected chi connectivity index (χ2v) is 7.39. The van der Waals surface area contributed by atoms with Crippen LogP contribution in [0.5, 0.6) is 11.6 Å². The van der Waals surface area contributed by atoms with Crippen LogP contribution in [-0.2, 0) is 16.1 Å². The van der Waals surface area contributed by atoms with E-state index in [0.717, 1.165) is 3.57 Å². The Morgan fingerprint density at radius 1 is 1.17 bits per heavy atom. The van der Waals surface area contributed by atoms with Gasteiger partial charge in [0.05, 0.1) is 24.2 Å². The molecule has 0 bridgehead atoms. The van der Waals surface area contributed by atoms with Crippen molar-refractivity contribution in [1.29, 1.82) is 0 Å². The highest BCUT2D eigenvalue weighted by molar-refractivity contribution is 14.1. The minimum Gasteiger partial charge on any atom is -0.506 e. The van der Waals surface area contributed by atoms with Crippen molar-refractivity contribution >= 4 is 57.5 Å². The zero-order valence-electron chi connectivity index (χ0n) is 15.0. The van der Waals surface area contributed by atoms with Gasteiger partial charge >= 0.3 is 0 Å². The predicted octanol–water partition coefficient (Wildman–Crippen LogP) is 2.69. The van der Waals surface area contributed by atoms with Gasteiger partial charge in [-0.05, 0) is 58.5 Å². The molecule has 0 aliphatic rings. The Morgan fingerprint density at radius 2 is 1.97 bits per heavy atom. The fourth-order valence-corrected chi connectivity index (χ4v) is 3.23. The van der Waals surface area contributed by atoms with Crippen molar-refractivity contribution in [2.24, 2.45) is 4.99 Å². The van der Waals surface area contributed by atoms with Crippen LogP contribution >= 0.6 is 22.6 Å². The van der Waals surface area contributed by atoms with Crippen molar-refractivity contribution in [2.45, 2.75) is 13.0 Å². The van der Waals surface area contributed by atoms with E-state index < -0.39 is 5.91 Å². The number of fused-ring (bicyclic) bond motifs is 1. The highest BCUT2D eigenvalue weighted by atomic mass is 127. The van der Waals surface area contributed by atoms with Crippen molar-refractivity contribution in [3.05, 3.63) is 61.4 Å². The van der Waals surface area contributed by atoms with Gasteiger partial charge in [-0.15, -0.1) is 0 Å². The predicted molar refractivity (Wildman–Crippen MR) is 118 cm³/mol. The van der Waals surface area contributed by atoms with E-state index in [4.69, 9.17) is 0 Å². The number of aromatic nitrogens is 1. The van der Waals surface area contributed by atoms with Gasteiger partial charge in [-0.3, -0.25) is 19.6 Å². The summed E-state index contributed by atoms with van der Waals surface area (Å²) in [6.45, 7) is 0.195. The molecule has 0 saturated carbocycles. The molecule has 4 N–H and O–H groups in total. The lowest BCUT2D eigenvalue weighted by Gasteiger charge is -2.07. The number of H-pyrrole nitrogens is 1. The summed E-state index contributed by atoms with van der Waals surface area (Å²) in [5.41, 5.74) is 0.863. The molecule has 1 amide bonds. The zero-order valence-corrected chi connectivity index (χ0v) is 17.1. The van der Waals surface area contributed by atoms with Crippen LogP contribution in [0.1, 0.15) is 17.5 Å². The van der Waals surface area contributed by atoms with E-state index in [1.165, 1.54) is 18.3 Å². The van der Waals surface area contributed by atoms with E-state index in [2.05, 4.69) is 37.9 Å². The summed E-state index contributed by atoms with van der Waals surface area (Å²) in [5, 5.41) is 23.6. The van der Waals surface area contributed by atoms with Gasteiger partial charge in [-0.2, -0.15) is 0 Å². The molecular weight excluding hydrogens is 489 g/mol. The number of aromatic amines is 1. The number of nitrogens with zero attached hydrogens (tertiary/aromatic N) is 1. The number of anilines is 1. The topological polar surface area (TPSA) is 132 Å². The second-order valence-electron chi connectivity index (χ2n) is 6.15. The lowest BCUT2D eigenvalue weighted by atomic mass is 10.1. The van der Waals surface area contributed by atoms with Crippen molar-refractivity contribution in [3.8, 4) is 11.6 Å². The average molecular weight is 505 g/mol. The Morgan fingerprint density at radius 3 is 2.69 bits per heavy atom. The lowest BCUT2D eigenvalue weighted by molar-refractivity contribution is -0.120. The third-order valence-electron chi connectivity index (χ3n) is 4.10. The van der Waals surface area contributed by atoms with Gasteiger partial charge in [0.1, 0.15) is 12.0 Å². The van der Waals surface area contributed by atoms with Gasteiger partial charge in [-0.1, -0.05) is 6.07 Å². The first-order valence-corrected chi connectivity index (χ1v) is 9.56. The first-order valence-electron chi connectivity index (χ1n) is 8.48. The van der Waals surface area contributed by atoms with E-state index in [9.17, 15) is 24.6 Å². The minimum atomic E-state index is -0.517. The first-order chi connectivity index (χ1) is 13.9. The number of phenolic OH excluding ortho intramolecular Hbond substituents is 1. The molecule has 3 rings (SSSR count). The maximum absolute atomic E-state index is 12.0. The number of pyridine rings is 1. The highest BCUT2D eigenvalue weighted by Gasteiger charge is 2.10.